The van der Waals surface area contributed by atoms with Gasteiger partial charge in [-0.25, -0.2) is 0 Å². The summed E-state index contributed by atoms with van der Waals surface area (Å²) in [4.78, 5) is 23.6. The van der Waals surface area contributed by atoms with Gasteiger partial charge in [-0.05, 0) is 43.7 Å². The quantitative estimate of drug-likeness (QED) is 0.666. The third kappa shape index (κ3) is 2.33. The van der Waals surface area contributed by atoms with Crippen LogP contribution in [-0.4, -0.2) is 11.7 Å². The summed E-state index contributed by atoms with van der Waals surface area (Å²) in [6.45, 7) is 1.53. The smallest absolute Gasteiger partial charge is 0.228 e. The Bertz CT molecular complexity index is 562. The van der Waals surface area contributed by atoms with Crippen LogP contribution in [0.1, 0.15) is 30.1 Å². The maximum Gasteiger partial charge on any atom is 0.228 e. The van der Waals surface area contributed by atoms with Crippen molar-refractivity contribution in [3.8, 4) is 0 Å². The van der Waals surface area contributed by atoms with Crippen molar-refractivity contribution in [2.75, 3.05) is 5.32 Å². The van der Waals surface area contributed by atoms with Gasteiger partial charge in [0.05, 0.1) is 0 Å². The van der Waals surface area contributed by atoms with Crippen molar-refractivity contribution in [3.63, 3.8) is 0 Å². The summed E-state index contributed by atoms with van der Waals surface area (Å²) in [7, 11) is 0. The van der Waals surface area contributed by atoms with Crippen LogP contribution in [0.25, 0.3) is 0 Å². The van der Waals surface area contributed by atoms with Crippen molar-refractivity contribution >= 4 is 17.4 Å². The Labute approximate surface area is 112 Å². The third-order valence-corrected chi connectivity index (χ3v) is 4.15. The van der Waals surface area contributed by atoms with E-state index < -0.39 is 0 Å². The number of hydrogen-bond donors (Lipinski definition) is 1. The predicted octanol–water partition coefficient (Wildman–Crippen LogP) is 3.04. The first-order valence-electron chi connectivity index (χ1n) is 6.73. The number of benzene rings is 1. The minimum absolute atomic E-state index is 0.0129. The standard InChI is InChI=1S/C16H17NO2/c1-10(18)12-3-2-4-14(9-12)17-16(19)15-8-11-5-6-13(15)7-11/h2-6,9,11,13,15H,7-8H2,1H3,(H,17,19). The topological polar surface area (TPSA) is 46.2 Å². The number of hydrogen-bond acceptors (Lipinski definition) is 2. The number of fused-ring (bicyclic) bond motifs is 2. The largest absolute Gasteiger partial charge is 0.326 e. The van der Waals surface area contributed by atoms with Crippen molar-refractivity contribution in [1.29, 1.82) is 0 Å². The van der Waals surface area contributed by atoms with E-state index in [2.05, 4.69) is 17.5 Å². The number of Topliss-reactive ketones (excluding diaryl/α,β-unsaturated/α-hetero) is 1. The van der Waals surface area contributed by atoms with Crippen molar-refractivity contribution in [3.05, 3.63) is 42.0 Å². The second kappa shape index (κ2) is 4.65. The zero-order valence-corrected chi connectivity index (χ0v) is 10.9. The monoisotopic (exact) mass is 255 g/mol. The molecule has 2 aliphatic rings. The number of nitrogens with one attached hydrogen (secondary N) is 1. The molecule has 3 nitrogen and oxygen atoms in total. The molecule has 0 spiro atoms. The molecule has 19 heavy (non-hydrogen) atoms. The average molecular weight is 255 g/mol. The molecule has 3 rings (SSSR count). The van der Waals surface area contributed by atoms with Crippen LogP contribution in [0.15, 0.2) is 36.4 Å². The van der Waals surface area contributed by atoms with Crippen LogP contribution in [-0.2, 0) is 4.79 Å². The predicted molar refractivity (Wildman–Crippen MR) is 73.9 cm³/mol. The lowest BCUT2D eigenvalue weighted by molar-refractivity contribution is -0.120. The second-order valence-electron chi connectivity index (χ2n) is 5.51. The molecular weight excluding hydrogens is 238 g/mol. The first-order chi connectivity index (χ1) is 9.13. The van der Waals surface area contributed by atoms with E-state index in [1.54, 1.807) is 18.2 Å². The van der Waals surface area contributed by atoms with Crippen LogP contribution < -0.4 is 5.32 Å². The molecule has 0 saturated heterocycles. The minimum Gasteiger partial charge on any atom is -0.326 e. The molecule has 1 N–H and O–H groups in total. The number of ketones is 1. The highest BCUT2D eigenvalue weighted by Crippen LogP contribution is 2.43. The number of anilines is 1. The normalized spacial score (nSPS) is 27.5. The molecule has 0 aromatic heterocycles. The summed E-state index contributed by atoms with van der Waals surface area (Å²) < 4.78 is 0. The maximum absolute atomic E-state index is 12.3. The van der Waals surface area contributed by atoms with Crippen LogP contribution in [0.2, 0.25) is 0 Å². The summed E-state index contributed by atoms with van der Waals surface area (Å²) in [5.74, 6) is 1.18. The lowest BCUT2D eigenvalue weighted by Gasteiger charge is -2.17. The number of carbonyl (C=O) groups is 2. The first-order valence-corrected chi connectivity index (χ1v) is 6.73. The van der Waals surface area contributed by atoms with Crippen LogP contribution >= 0.6 is 0 Å². The van der Waals surface area contributed by atoms with E-state index in [0.29, 0.717) is 23.1 Å². The van der Waals surface area contributed by atoms with E-state index in [4.69, 9.17) is 0 Å². The van der Waals surface area contributed by atoms with Gasteiger partial charge in [0.2, 0.25) is 5.91 Å². The van der Waals surface area contributed by atoms with E-state index in [1.807, 2.05) is 6.07 Å². The number of allylic oxidation sites excluding steroid dienone is 2. The van der Waals surface area contributed by atoms with E-state index in [9.17, 15) is 9.59 Å². The Hall–Kier alpha value is -1.90. The Morgan fingerprint density at radius 2 is 2.05 bits per heavy atom. The summed E-state index contributed by atoms with van der Waals surface area (Å²) in [6, 6.07) is 7.13. The molecule has 0 heterocycles. The van der Waals surface area contributed by atoms with Gasteiger partial charge in [0, 0.05) is 17.2 Å². The average Bonchev–Trinajstić information content (AvgIpc) is 3.01. The summed E-state index contributed by atoms with van der Waals surface area (Å²) in [5.41, 5.74) is 1.34. The van der Waals surface area contributed by atoms with E-state index >= 15 is 0 Å². The van der Waals surface area contributed by atoms with Crippen LogP contribution in [0, 0.1) is 17.8 Å². The van der Waals surface area contributed by atoms with Crippen molar-refractivity contribution in [2.24, 2.45) is 17.8 Å². The maximum atomic E-state index is 12.3. The lowest BCUT2D eigenvalue weighted by Crippen LogP contribution is -2.25. The molecule has 0 aliphatic heterocycles. The van der Waals surface area contributed by atoms with Gasteiger partial charge in [-0.15, -0.1) is 0 Å². The molecule has 0 radical (unpaired) electrons. The fraction of sp³-hybridized carbons (Fsp3) is 0.375. The van der Waals surface area contributed by atoms with Crippen molar-refractivity contribution in [1.82, 2.24) is 0 Å². The summed E-state index contributed by atoms with van der Waals surface area (Å²) >= 11 is 0. The summed E-state index contributed by atoms with van der Waals surface area (Å²) in [5, 5.41) is 2.94. The highest BCUT2D eigenvalue weighted by molar-refractivity contribution is 5.97. The highest BCUT2D eigenvalue weighted by Gasteiger charge is 2.39. The number of rotatable bonds is 3. The van der Waals surface area contributed by atoms with Gasteiger partial charge in [-0.1, -0.05) is 24.3 Å². The fourth-order valence-corrected chi connectivity index (χ4v) is 3.13. The SMILES string of the molecule is CC(=O)c1cccc(NC(=O)C2CC3C=CC2C3)c1. The van der Waals surface area contributed by atoms with E-state index in [0.717, 1.165) is 12.8 Å². The van der Waals surface area contributed by atoms with Gasteiger partial charge < -0.3 is 5.32 Å². The van der Waals surface area contributed by atoms with E-state index in [1.165, 1.54) is 6.92 Å². The molecule has 2 aliphatic carbocycles. The Morgan fingerprint density at radius 1 is 1.21 bits per heavy atom. The minimum atomic E-state index is 0.0129. The molecule has 2 bridgehead atoms. The molecule has 3 atom stereocenters. The fourth-order valence-electron chi connectivity index (χ4n) is 3.13. The molecule has 98 valence electrons. The van der Waals surface area contributed by atoms with Gasteiger partial charge in [0.1, 0.15) is 0 Å². The molecule has 3 unspecified atom stereocenters. The van der Waals surface area contributed by atoms with Crippen LogP contribution in [0.4, 0.5) is 5.69 Å². The molecule has 1 aromatic carbocycles. The summed E-state index contributed by atoms with van der Waals surface area (Å²) in [6.07, 6.45) is 6.47. The zero-order chi connectivity index (χ0) is 13.4. The molecular formula is C16H17NO2. The van der Waals surface area contributed by atoms with Gasteiger partial charge in [-0.2, -0.15) is 0 Å². The van der Waals surface area contributed by atoms with Crippen molar-refractivity contribution < 1.29 is 9.59 Å². The van der Waals surface area contributed by atoms with Gasteiger partial charge in [0.15, 0.2) is 5.78 Å². The Kier molecular flexibility index (Phi) is 2.97. The van der Waals surface area contributed by atoms with Gasteiger partial charge in [-0.3, -0.25) is 9.59 Å². The second-order valence-corrected chi connectivity index (χ2v) is 5.51. The molecule has 1 saturated carbocycles. The molecule has 1 amide bonds. The van der Waals surface area contributed by atoms with Gasteiger partial charge >= 0.3 is 0 Å². The number of amides is 1. The van der Waals surface area contributed by atoms with E-state index in [-0.39, 0.29) is 17.6 Å². The Morgan fingerprint density at radius 3 is 2.68 bits per heavy atom. The number of carbonyl (C=O) groups excluding carboxylic acids is 2. The Balaban J connectivity index is 1.71. The molecule has 1 aromatic rings. The molecule has 1 fully saturated rings. The zero-order valence-electron chi connectivity index (χ0n) is 10.9. The van der Waals surface area contributed by atoms with Gasteiger partial charge in [0.25, 0.3) is 0 Å². The lowest BCUT2D eigenvalue weighted by atomic mass is 9.93. The third-order valence-electron chi connectivity index (χ3n) is 4.15. The first kappa shape index (κ1) is 12.2. The van der Waals surface area contributed by atoms with Crippen molar-refractivity contribution in [2.45, 2.75) is 19.8 Å². The highest BCUT2D eigenvalue weighted by atomic mass is 16.2. The van der Waals surface area contributed by atoms with Crippen LogP contribution in [0.5, 0.6) is 0 Å². The van der Waals surface area contributed by atoms with Crippen LogP contribution in [0.3, 0.4) is 0 Å². The molecule has 3 heteroatoms.